The van der Waals surface area contributed by atoms with Crippen molar-refractivity contribution in [1.82, 2.24) is 0 Å². The summed E-state index contributed by atoms with van der Waals surface area (Å²) < 4.78 is 22.9. The second-order valence-electron chi connectivity index (χ2n) is 0.992. The van der Waals surface area contributed by atoms with Crippen molar-refractivity contribution < 1.29 is 13.6 Å². The summed E-state index contributed by atoms with van der Waals surface area (Å²) in [5.41, 5.74) is 7.45. The molecule has 1 amide bonds. The van der Waals surface area contributed by atoms with E-state index in [0.29, 0.717) is 0 Å². The van der Waals surface area contributed by atoms with Crippen molar-refractivity contribution in [2.24, 2.45) is 5.11 Å². The molecule has 7 heteroatoms. The van der Waals surface area contributed by atoms with E-state index in [2.05, 4.69) is 16.7 Å². The van der Waals surface area contributed by atoms with Gasteiger partial charge in [-0.15, -0.1) is 0 Å². The quantitative estimate of drug-likeness (QED) is 0.246. The van der Waals surface area contributed by atoms with Gasteiger partial charge in [0.1, 0.15) is 0 Å². The Hall–Kier alpha value is -0.870. The molecule has 0 N–H and O–H groups in total. The van der Waals surface area contributed by atoms with Gasteiger partial charge in [-0.05, 0) is 22.2 Å². The minimum Gasteiger partial charge on any atom is -0.284 e. The van der Waals surface area contributed by atoms with E-state index in [-0.39, 0.29) is 0 Å². The number of amides is 1. The summed E-state index contributed by atoms with van der Waals surface area (Å²) in [5, 5.41) is -2.02. The molecule has 0 saturated heterocycles. The SMILES string of the molecule is [N-]=[N+]=NC(=O)C(F)(F)Cl. The third-order valence-corrected chi connectivity index (χ3v) is 0.540. The van der Waals surface area contributed by atoms with E-state index in [0.717, 1.165) is 0 Å². The summed E-state index contributed by atoms with van der Waals surface area (Å²) in [5.74, 6) is -1.99. The molecule has 0 bridgehead atoms. The number of alkyl halides is 3. The number of hydrogen-bond donors (Lipinski definition) is 0. The van der Waals surface area contributed by atoms with Gasteiger partial charge >= 0.3 is 11.3 Å². The lowest BCUT2D eigenvalue weighted by Gasteiger charge is -1.97. The first-order chi connectivity index (χ1) is 3.98. The van der Waals surface area contributed by atoms with E-state index in [1.807, 2.05) is 4.91 Å². The van der Waals surface area contributed by atoms with Crippen molar-refractivity contribution in [3.8, 4) is 0 Å². The van der Waals surface area contributed by atoms with Crippen LogP contribution in [0.15, 0.2) is 5.11 Å². The van der Waals surface area contributed by atoms with Crippen LogP contribution in [-0.4, -0.2) is 11.3 Å². The lowest BCUT2D eigenvalue weighted by Crippen LogP contribution is -2.17. The van der Waals surface area contributed by atoms with Crippen molar-refractivity contribution in [3.05, 3.63) is 10.4 Å². The van der Waals surface area contributed by atoms with Gasteiger partial charge in [0, 0.05) is 4.91 Å². The maximum Gasteiger partial charge on any atom is 0.387 e. The number of carbonyl (C=O) groups is 1. The van der Waals surface area contributed by atoms with Crippen LogP contribution in [0.1, 0.15) is 0 Å². The summed E-state index contributed by atoms with van der Waals surface area (Å²) in [6.45, 7) is 0. The lowest BCUT2D eigenvalue weighted by atomic mass is 10.7. The third kappa shape index (κ3) is 2.84. The largest absolute Gasteiger partial charge is 0.387 e. The van der Waals surface area contributed by atoms with E-state index < -0.39 is 11.3 Å². The van der Waals surface area contributed by atoms with Crippen LogP contribution < -0.4 is 0 Å². The summed E-state index contributed by atoms with van der Waals surface area (Å²) in [6, 6.07) is 0. The molecule has 4 nitrogen and oxygen atoms in total. The van der Waals surface area contributed by atoms with Crippen LogP contribution in [0.2, 0.25) is 0 Å². The van der Waals surface area contributed by atoms with Crippen LogP contribution in [0.25, 0.3) is 10.4 Å². The smallest absolute Gasteiger partial charge is 0.284 e. The number of rotatable bonds is 1. The van der Waals surface area contributed by atoms with Crippen LogP contribution in [0.3, 0.4) is 0 Å². The van der Waals surface area contributed by atoms with Gasteiger partial charge in [0.2, 0.25) is 0 Å². The highest BCUT2D eigenvalue weighted by atomic mass is 35.5. The molecule has 0 aliphatic rings. The van der Waals surface area contributed by atoms with Gasteiger partial charge in [0.25, 0.3) is 0 Å². The molecule has 0 fully saturated rings. The highest BCUT2D eigenvalue weighted by Gasteiger charge is 2.34. The standard InChI is InChI=1S/C2ClF2N3O/c3-2(4,5)1(9)7-8-6. The average Bonchev–Trinajstić information content (AvgIpc) is 1.64. The molecule has 0 unspecified atom stereocenters. The van der Waals surface area contributed by atoms with Gasteiger partial charge in [-0.3, -0.25) is 4.79 Å². The van der Waals surface area contributed by atoms with Crippen LogP contribution in [0.5, 0.6) is 0 Å². The maximum absolute atomic E-state index is 11.5. The Morgan fingerprint density at radius 2 is 2.22 bits per heavy atom. The summed E-state index contributed by atoms with van der Waals surface area (Å²) >= 11 is 4.11. The number of halogens is 3. The lowest BCUT2D eigenvalue weighted by molar-refractivity contribution is -0.132. The van der Waals surface area contributed by atoms with Gasteiger partial charge in [-0.1, -0.05) is 0 Å². The molecule has 0 heterocycles. The predicted octanol–water partition coefficient (Wildman–Crippen LogP) is 1.65. The van der Waals surface area contributed by atoms with E-state index in [9.17, 15) is 13.6 Å². The van der Waals surface area contributed by atoms with Crippen LogP contribution in [0.4, 0.5) is 8.78 Å². The molecule has 0 spiro atoms. The first-order valence-electron chi connectivity index (χ1n) is 1.64. The molecule has 0 saturated carbocycles. The number of azide groups is 1. The van der Waals surface area contributed by atoms with E-state index in [1.54, 1.807) is 0 Å². The molecule has 0 aliphatic carbocycles. The van der Waals surface area contributed by atoms with Crippen molar-refractivity contribution in [2.45, 2.75) is 5.38 Å². The molecule has 0 aliphatic heterocycles. The Bertz CT molecular complexity index is 169. The number of hydrogen-bond acceptors (Lipinski definition) is 1. The second-order valence-corrected chi connectivity index (χ2v) is 1.47. The van der Waals surface area contributed by atoms with Crippen LogP contribution in [0, 0.1) is 0 Å². The van der Waals surface area contributed by atoms with Crippen molar-refractivity contribution >= 4 is 17.5 Å². The fraction of sp³-hybridized carbons (Fsp3) is 0.500. The molecular weight excluding hydrogens is 155 g/mol. The molecule has 0 aromatic carbocycles. The molecule has 50 valence electrons. The van der Waals surface area contributed by atoms with Crippen molar-refractivity contribution in [1.29, 1.82) is 0 Å². The van der Waals surface area contributed by atoms with Gasteiger partial charge < -0.3 is 0 Å². The van der Waals surface area contributed by atoms with Gasteiger partial charge in [-0.2, -0.15) is 8.78 Å². The van der Waals surface area contributed by atoms with E-state index in [1.165, 1.54) is 0 Å². The van der Waals surface area contributed by atoms with Crippen LogP contribution in [-0.2, 0) is 4.79 Å². The van der Waals surface area contributed by atoms with Gasteiger partial charge in [0.15, 0.2) is 0 Å². The Labute approximate surface area is 53.0 Å². The monoisotopic (exact) mass is 155 g/mol. The predicted molar refractivity (Wildman–Crippen MR) is 25.0 cm³/mol. The molecule has 0 aromatic rings. The molecule has 9 heavy (non-hydrogen) atoms. The van der Waals surface area contributed by atoms with Crippen molar-refractivity contribution in [3.63, 3.8) is 0 Å². The highest BCUT2D eigenvalue weighted by molar-refractivity contribution is 6.32. The minimum absolute atomic E-state index is 1.81. The molecule has 0 aromatic heterocycles. The number of nitrogens with zero attached hydrogens (tertiary/aromatic N) is 3. The first-order valence-corrected chi connectivity index (χ1v) is 2.02. The van der Waals surface area contributed by atoms with Crippen LogP contribution >= 0.6 is 11.6 Å². The fourth-order valence-electron chi connectivity index (χ4n) is 0.0973. The highest BCUT2D eigenvalue weighted by Crippen LogP contribution is 2.19. The Morgan fingerprint density at radius 1 is 1.78 bits per heavy atom. The summed E-state index contributed by atoms with van der Waals surface area (Å²) in [6.07, 6.45) is 0. The normalized spacial score (nSPS) is 10.1. The first kappa shape index (κ1) is 8.13. The zero-order valence-corrected chi connectivity index (χ0v) is 4.64. The minimum atomic E-state index is -4.08. The third-order valence-electron chi connectivity index (χ3n) is 0.378. The second kappa shape index (κ2) is 2.61. The zero-order chi connectivity index (χ0) is 7.49. The molecule has 0 rings (SSSR count). The Morgan fingerprint density at radius 3 is 2.33 bits per heavy atom. The molecule has 0 atom stereocenters. The topological polar surface area (TPSA) is 65.8 Å². The summed E-state index contributed by atoms with van der Waals surface area (Å²) in [4.78, 5) is 11.6. The van der Waals surface area contributed by atoms with E-state index >= 15 is 0 Å². The Kier molecular flexibility index (Phi) is 2.36. The summed E-state index contributed by atoms with van der Waals surface area (Å²) in [7, 11) is 0. The molecular formula is C2ClF2N3O. The fourth-order valence-corrected chi connectivity index (χ4v) is 0.135. The van der Waals surface area contributed by atoms with E-state index in [4.69, 9.17) is 5.53 Å². The van der Waals surface area contributed by atoms with Crippen molar-refractivity contribution in [2.75, 3.05) is 0 Å². The van der Waals surface area contributed by atoms with Gasteiger partial charge in [0.05, 0.1) is 0 Å². The Balaban J connectivity index is 4.22. The zero-order valence-electron chi connectivity index (χ0n) is 3.88. The number of carbonyl (C=O) groups excluding carboxylic acids is 1. The maximum atomic E-state index is 11.5. The van der Waals surface area contributed by atoms with Gasteiger partial charge in [-0.25, -0.2) is 0 Å². The average molecular weight is 155 g/mol. The molecule has 0 radical (unpaired) electrons.